The van der Waals surface area contributed by atoms with Crippen molar-refractivity contribution in [3.05, 3.63) is 60.2 Å². The second-order valence-electron chi connectivity index (χ2n) is 10.6. The number of hydrogen-bond donors (Lipinski definition) is 1. The van der Waals surface area contributed by atoms with Gasteiger partial charge in [0.05, 0.1) is 30.8 Å². The third-order valence-electron chi connectivity index (χ3n) is 8.25. The summed E-state index contributed by atoms with van der Waals surface area (Å²) >= 11 is 0. The van der Waals surface area contributed by atoms with Crippen molar-refractivity contribution in [2.24, 2.45) is 11.8 Å². The zero-order valence-electron chi connectivity index (χ0n) is 21.5. The van der Waals surface area contributed by atoms with E-state index in [0.717, 1.165) is 19.3 Å². The number of carbonyl (C=O) groups is 3. The molecule has 198 valence electrons. The van der Waals surface area contributed by atoms with Gasteiger partial charge in [-0.15, -0.1) is 0 Å². The normalized spacial score (nSPS) is 35.0. The molecule has 4 heterocycles. The number of ether oxygens (including phenoxy) is 2. The number of carbonyl (C=O) groups excluding carboxylic acids is 3. The summed E-state index contributed by atoms with van der Waals surface area (Å²) in [4.78, 5) is 45.4. The van der Waals surface area contributed by atoms with Crippen LogP contribution in [0.15, 0.2) is 54.6 Å². The summed E-state index contributed by atoms with van der Waals surface area (Å²) in [7, 11) is 0. The predicted octanol–water partition coefficient (Wildman–Crippen LogP) is 2.78. The molecule has 0 radical (unpaired) electrons. The first-order chi connectivity index (χ1) is 17.9. The van der Waals surface area contributed by atoms with Crippen molar-refractivity contribution < 1.29 is 29.0 Å². The van der Waals surface area contributed by atoms with Crippen LogP contribution in [0, 0.1) is 11.8 Å². The molecule has 1 N–H and O–H groups in total. The number of fused-ring (bicyclic) bond motifs is 2. The number of nitrogens with zero attached hydrogens (tertiary/aromatic N) is 2. The average Bonchev–Trinajstić information content (AvgIpc) is 3.24. The van der Waals surface area contributed by atoms with Gasteiger partial charge >= 0.3 is 5.97 Å². The van der Waals surface area contributed by atoms with Gasteiger partial charge in [-0.25, -0.2) is 0 Å². The highest BCUT2D eigenvalue weighted by Crippen LogP contribution is 2.58. The Balaban J connectivity index is 1.67. The molecule has 0 saturated carbocycles. The Bertz CT molecular complexity index is 1100. The van der Waals surface area contributed by atoms with Crippen LogP contribution < -0.4 is 0 Å². The first-order valence-corrected chi connectivity index (χ1v) is 13.4. The standard InChI is InChI=1S/C29H36N2O6/c1-3-4-16-30-17-11-15-29-22(23-27(35)36-18-10-6-9-14-28(23,2)37-29)25(33)31(24(29)26(30)34)21(19-32)20-12-7-5-8-13-20/h5,7-9,11-15,21-24,32H,3-4,6,10,16-19H2,1-2H3/b14-9-/t21-,22+,23+,24?,28-,29+/m1/s1. The summed E-state index contributed by atoms with van der Waals surface area (Å²) in [6, 6.07) is 7.43. The highest BCUT2D eigenvalue weighted by molar-refractivity contribution is 5.99. The largest absolute Gasteiger partial charge is 0.465 e. The minimum Gasteiger partial charge on any atom is -0.465 e. The van der Waals surface area contributed by atoms with Gasteiger partial charge in [0.25, 0.3) is 0 Å². The molecule has 5 rings (SSSR count). The van der Waals surface area contributed by atoms with E-state index in [9.17, 15) is 19.5 Å². The van der Waals surface area contributed by atoms with Crippen molar-refractivity contribution in [2.75, 3.05) is 26.3 Å². The van der Waals surface area contributed by atoms with Crippen LogP contribution in [0.3, 0.4) is 0 Å². The van der Waals surface area contributed by atoms with E-state index in [4.69, 9.17) is 9.47 Å². The van der Waals surface area contributed by atoms with Gasteiger partial charge in [-0.3, -0.25) is 14.4 Å². The minimum absolute atomic E-state index is 0.226. The van der Waals surface area contributed by atoms with Gasteiger partial charge in [0.15, 0.2) is 0 Å². The molecular formula is C29H36N2O6. The third-order valence-corrected chi connectivity index (χ3v) is 8.25. The second kappa shape index (κ2) is 10.1. The van der Waals surface area contributed by atoms with Crippen molar-refractivity contribution in [1.29, 1.82) is 0 Å². The first-order valence-electron chi connectivity index (χ1n) is 13.4. The molecule has 1 aromatic carbocycles. The lowest BCUT2D eigenvalue weighted by atomic mass is 9.74. The van der Waals surface area contributed by atoms with Crippen molar-refractivity contribution in [1.82, 2.24) is 9.80 Å². The number of esters is 1. The molecule has 0 aromatic heterocycles. The number of hydrogen-bond acceptors (Lipinski definition) is 6. The molecule has 2 saturated heterocycles. The summed E-state index contributed by atoms with van der Waals surface area (Å²) in [5.41, 5.74) is -1.76. The topological polar surface area (TPSA) is 96.4 Å². The fourth-order valence-electron chi connectivity index (χ4n) is 6.54. The van der Waals surface area contributed by atoms with Crippen LogP contribution in [-0.2, 0) is 23.9 Å². The Morgan fingerprint density at radius 2 is 1.86 bits per heavy atom. The number of likely N-dealkylation sites (tertiary alicyclic amines) is 1. The molecule has 0 aliphatic carbocycles. The molecule has 2 amide bonds. The lowest BCUT2D eigenvalue weighted by molar-refractivity contribution is -0.161. The van der Waals surface area contributed by atoms with Crippen LogP contribution >= 0.6 is 0 Å². The van der Waals surface area contributed by atoms with E-state index in [1.54, 1.807) is 11.8 Å². The maximum atomic E-state index is 14.4. The van der Waals surface area contributed by atoms with Gasteiger partial charge in [0.2, 0.25) is 11.8 Å². The van der Waals surface area contributed by atoms with Crippen molar-refractivity contribution in [2.45, 2.75) is 62.8 Å². The maximum Gasteiger partial charge on any atom is 0.313 e. The lowest BCUT2D eigenvalue weighted by Gasteiger charge is -2.40. The summed E-state index contributed by atoms with van der Waals surface area (Å²) in [5.74, 6) is -2.96. The number of allylic oxidation sites excluding steroid dienone is 1. The molecule has 6 atom stereocenters. The number of rotatable bonds is 6. The van der Waals surface area contributed by atoms with E-state index in [2.05, 4.69) is 6.92 Å². The number of aliphatic hydroxyl groups excluding tert-OH is 1. The molecule has 8 heteroatoms. The fraction of sp³-hybridized carbons (Fsp3) is 0.552. The van der Waals surface area contributed by atoms with Crippen LogP contribution in [0.5, 0.6) is 0 Å². The Morgan fingerprint density at radius 1 is 1.08 bits per heavy atom. The van der Waals surface area contributed by atoms with Crippen molar-refractivity contribution >= 4 is 17.8 Å². The Kier molecular flexibility index (Phi) is 6.98. The Labute approximate surface area is 217 Å². The van der Waals surface area contributed by atoms with Crippen LogP contribution in [0.25, 0.3) is 0 Å². The van der Waals surface area contributed by atoms with Crippen molar-refractivity contribution in [3.8, 4) is 0 Å². The maximum absolute atomic E-state index is 14.4. The SMILES string of the molecule is CCCCN1CC=C[C@]23O[C@]4(C)/C=C\CCCOC(=O)[C@@H]4[C@H]2C(=O)N([C@H](CO)c2ccccc2)C3C1=O. The monoisotopic (exact) mass is 508 g/mol. The molecule has 1 aromatic rings. The highest BCUT2D eigenvalue weighted by atomic mass is 16.6. The molecule has 37 heavy (non-hydrogen) atoms. The Hall–Kier alpha value is -2.97. The van der Waals surface area contributed by atoms with Crippen molar-refractivity contribution in [3.63, 3.8) is 0 Å². The van der Waals surface area contributed by atoms with Gasteiger partial charge in [-0.2, -0.15) is 0 Å². The van der Waals surface area contributed by atoms with Gasteiger partial charge < -0.3 is 24.4 Å². The molecule has 4 aliphatic heterocycles. The highest BCUT2D eigenvalue weighted by Gasteiger charge is 2.75. The summed E-state index contributed by atoms with van der Waals surface area (Å²) < 4.78 is 12.4. The molecule has 0 bridgehead atoms. The van der Waals surface area contributed by atoms with E-state index in [1.165, 1.54) is 4.90 Å². The number of cyclic esters (lactones) is 1. The van der Waals surface area contributed by atoms with E-state index in [0.29, 0.717) is 25.1 Å². The molecule has 8 nitrogen and oxygen atoms in total. The van der Waals surface area contributed by atoms with E-state index >= 15 is 0 Å². The van der Waals surface area contributed by atoms with E-state index < -0.39 is 41.1 Å². The molecule has 4 aliphatic rings. The smallest absolute Gasteiger partial charge is 0.313 e. The minimum atomic E-state index is -1.36. The van der Waals surface area contributed by atoms with E-state index in [1.807, 2.05) is 54.6 Å². The zero-order valence-corrected chi connectivity index (χ0v) is 21.5. The van der Waals surface area contributed by atoms with Crippen LogP contribution in [0.1, 0.15) is 51.1 Å². The molecule has 2 fully saturated rings. The number of aliphatic hydroxyl groups is 1. The number of benzene rings is 1. The van der Waals surface area contributed by atoms with Gasteiger partial charge in [-0.05, 0) is 31.7 Å². The molecule has 1 unspecified atom stereocenters. The second-order valence-corrected chi connectivity index (χ2v) is 10.6. The molecular weight excluding hydrogens is 472 g/mol. The third kappa shape index (κ3) is 4.10. The molecule has 1 spiro atoms. The van der Waals surface area contributed by atoms with Gasteiger partial charge in [0.1, 0.15) is 17.6 Å². The predicted molar refractivity (Wildman–Crippen MR) is 136 cm³/mol. The van der Waals surface area contributed by atoms with Crippen LogP contribution in [0.2, 0.25) is 0 Å². The van der Waals surface area contributed by atoms with Gasteiger partial charge in [-0.1, -0.05) is 68.0 Å². The lowest BCUT2D eigenvalue weighted by Crippen LogP contribution is -2.57. The number of amides is 2. The summed E-state index contributed by atoms with van der Waals surface area (Å²) in [6.07, 6.45) is 10.7. The summed E-state index contributed by atoms with van der Waals surface area (Å²) in [6.45, 7) is 4.72. The van der Waals surface area contributed by atoms with Crippen LogP contribution in [0.4, 0.5) is 0 Å². The quantitative estimate of drug-likeness (QED) is 0.469. The van der Waals surface area contributed by atoms with Gasteiger partial charge in [0, 0.05) is 13.1 Å². The van der Waals surface area contributed by atoms with E-state index in [-0.39, 0.29) is 25.0 Å². The first kappa shape index (κ1) is 25.7. The summed E-state index contributed by atoms with van der Waals surface area (Å²) in [5, 5.41) is 10.5. The zero-order chi connectivity index (χ0) is 26.2. The van der Waals surface area contributed by atoms with Crippen LogP contribution in [-0.4, -0.2) is 76.2 Å². The number of unbranched alkanes of at least 4 members (excludes halogenated alkanes) is 1. The average molecular weight is 509 g/mol. The Morgan fingerprint density at radius 3 is 2.59 bits per heavy atom. The fourth-order valence-corrected chi connectivity index (χ4v) is 6.54.